The van der Waals surface area contributed by atoms with Crippen molar-refractivity contribution in [3.05, 3.63) is 12.7 Å². The molecule has 0 unspecified atom stereocenters. The van der Waals surface area contributed by atoms with Gasteiger partial charge in [0.1, 0.15) is 0 Å². The summed E-state index contributed by atoms with van der Waals surface area (Å²) in [6, 6.07) is 0. The van der Waals surface area contributed by atoms with E-state index in [4.69, 9.17) is 0 Å². The van der Waals surface area contributed by atoms with Gasteiger partial charge in [-0.05, 0) is 0 Å². The molecule has 0 heterocycles. The van der Waals surface area contributed by atoms with Crippen LogP contribution in [-0.2, 0) is 0 Å². The Bertz CT molecular complexity index is 159. The van der Waals surface area contributed by atoms with Crippen molar-refractivity contribution in [2.24, 2.45) is 0 Å². The van der Waals surface area contributed by atoms with Crippen LogP contribution in [0.15, 0.2) is 12.7 Å². The first-order valence-corrected chi connectivity index (χ1v) is 14.6. The summed E-state index contributed by atoms with van der Waals surface area (Å²) in [5, 5.41) is 0. The molecule has 0 fully saturated rings. The number of rotatable bonds is 3. The number of hydrogen-bond donors (Lipinski definition) is 0. The molecule has 1 heteroatoms. The summed E-state index contributed by atoms with van der Waals surface area (Å²) >= 11 is -2.02. The molecule has 11 heavy (non-hydrogen) atoms. The van der Waals surface area contributed by atoms with Crippen molar-refractivity contribution in [1.29, 1.82) is 0 Å². The third kappa shape index (κ3) is 3.42. The fraction of sp³-hybridized carbons (Fsp3) is 0.600. The van der Waals surface area contributed by atoms with Crippen molar-refractivity contribution < 1.29 is 0 Å². The molecule has 0 amide bonds. The minimum atomic E-state index is -2.02. The van der Waals surface area contributed by atoms with Gasteiger partial charge >= 0.3 is 75.9 Å². The Labute approximate surface area is 75.7 Å². The van der Waals surface area contributed by atoms with Crippen LogP contribution in [0.5, 0.6) is 0 Å². The second-order valence-corrected chi connectivity index (χ2v) is 22.0. The average molecular weight is 345 g/mol. The van der Waals surface area contributed by atoms with Crippen LogP contribution in [-0.4, -0.2) is 21.2 Å². The standard InChI is InChI=1S/C4H3.3C2H5.Pb/c1-3-4-2;3*1-2;/h3H,1H2;3*1H2,2H3;. The summed E-state index contributed by atoms with van der Waals surface area (Å²) in [5.74, 6) is 3.05. The molecule has 0 atom stereocenters. The van der Waals surface area contributed by atoms with Crippen molar-refractivity contribution >= 4 is 21.2 Å². The van der Waals surface area contributed by atoms with Crippen molar-refractivity contribution in [3.8, 4) is 9.40 Å². The Hall–Kier alpha value is 0.222. The van der Waals surface area contributed by atoms with E-state index in [9.17, 15) is 0 Å². The fourth-order valence-corrected chi connectivity index (χ4v) is 10.7. The van der Waals surface area contributed by atoms with E-state index >= 15 is 0 Å². The van der Waals surface area contributed by atoms with Crippen molar-refractivity contribution in [1.82, 2.24) is 0 Å². The Morgan fingerprint density at radius 2 is 1.64 bits per heavy atom. The van der Waals surface area contributed by atoms with Crippen LogP contribution in [0.2, 0.25) is 11.9 Å². The summed E-state index contributed by atoms with van der Waals surface area (Å²) in [6.45, 7) is 10.5. The predicted molar refractivity (Wildman–Crippen MR) is 55.2 cm³/mol. The van der Waals surface area contributed by atoms with E-state index in [1.807, 2.05) is 0 Å². The van der Waals surface area contributed by atoms with Gasteiger partial charge in [-0.3, -0.25) is 0 Å². The molecule has 0 aliphatic heterocycles. The third-order valence-electron chi connectivity index (χ3n) is 2.47. The predicted octanol–water partition coefficient (Wildman–Crippen LogP) is 3.22. The van der Waals surface area contributed by atoms with Gasteiger partial charge in [0.05, 0.1) is 0 Å². The average Bonchev–Trinajstić information content (AvgIpc) is 2.08. The van der Waals surface area contributed by atoms with Crippen LogP contribution in [0, 0.1) is 9.40 Å². The molecule has 0 radical (unpaired) electrons. The van der Waals surface area contributed by atoms with Gasteiger partial charge < -0.3 is 0 Å². The maximum atomic E-state index is 3.63. The zero-order valence-electron chi connectivity index (χ0n) is 7.91. The van der Waals surface area contributed by atoms with E-state index in [2.05, 4.69) is 36.8 Å². The fourth-order valence-electron chi connectivity index (χ4n) is 1.22. The molecule has 0 aliphatic rings. The summed E-state index contributed by atoms with van der Waals surface area (Å²) < 4.78 is 7.57. The van der Waals surface area contributed by atoms with E-state index in [1.54, 1.807) is 6.08 Å². The van der Waals surface area contributed by atoms with Gasteiger partial charge in [-0.25, -0.2) is 0 Å². The molecule has 0 bridgehead atoms. The number of allylic oxidation sites excluding steroid dienone is 1. The van der Waals surface area contributed by atoms with Gasteiger partial charge in [-0.1, -0.05) is 0 Å². The molecule has 0 rings (SSSR count). The topological polar surface area (TPSA) is 0 Å². The summed E-state index contributed by atoms with van der Waals surface area (Å²) in [4.78, 5) is 0. The zero-order chi connectivity index (χ0) is 8.74. The molecule has 0 spiro atoms. The second-order valence-electron chi connectivity index (χ2n) is 2.81. The van der Waals surface area contributed by atoms with Gasteiger partial charge in [0.15, 0.2) is 0 Å². The Balaban J connectivity index is 4.40. The molecular formula is C10H18Pb. The SMILES string of the molecule is C=CC#[C][Pb]([CH2]C)([CH2]C)[CH2]C. The minimum absolute atomic E-state index is 1.36. The second kappa shape index (κ2) is 5.82. The van der Waals surface area contributed by atoms with Crippen LogP contribution in [0.25, 0.3) is 0 Å². The van der Waals surface area contributed by atoms with Gasteiger partial charge in [-0.15, -0.1) is 0 Å². The third-order valence-corrected chi connectivity index (χ3v) is 20.9. The van der Waals surface area contributed by atoms with Crippen molar-refractivity contribution in [3.63, 3.8) is 0 Å². The van der Waals surface area contributed by atoms with Crippen LogP contribution in [0.3, 0.4) is 0 Å². The molecule has 0 aromatic heterocycles. The molecular weight excluding hydrogens is 327 g/mol. The molecule has 0 saturated heterocycles. The Morgan fingerprint density at radius 3 is 1.91 bits per heavy atom. The van der Waals surface area contributed by atoms with E-state index in [-0.39, 0.29) is 0 Å². The van der Waals surface area contributed by atoms with Gasteiger partial charge in [0, 0.05) is 0 Å². The number of hydrogen-bond acceptors (Lipinski definition) is 0. The van der Waals surface area contributed by atoms with E-state index < -0.39 is 21.2 Å². The van der Waals surface area contributed by atoms with E-state index in [0.717, 1.165) is 0 Å². The first kappa shape index (κ1) is 11.2. The molecule has 0 aliphatic carbocycles. The van der Waals surface area contributed by atoms with E-state index in [0.29, 0.717) is 0 Å². The van der Waals surface area contributed by atoms with Gasteiger partial charge in [-0.2, -0.15) is 0 Å². The van der Waals surface area contributed by atoms with Crippen LogP contribution < -0.4 is 0 Å². The first-order valence-electron chi connectivity index (χ1n) is 4.38. The van der Waals surface area contributed by atoms with Crippen LogP contribution in [0.1, 0.15) is 20.8 Å². The monoisotopic (exact) mass is 346 g/mol. The van der Waals surface area contributed by atoms with E-state index in [1.165, 1.54) is 11.9 Å². The maximum absolute atomic E-state index is 3.63. The van der Waals surface area contributed by atoms with Crippen molar-refractivity contribution in [2.75, 3.05) is 0 Å². The normalized spacial score (nSPS) is 10.1. The molecule has 0 saturated carbocycles. The molecule has 0 aromatic carbocycles. The molecule has 0 nitrogen and oxygen atoms in total. The summed E-state index contributed by atoms with van der Waals surface area (Å²) in [6.07, 6.45) is 1.73. The molecule has 0 aromatic rings. The van der Waals surface area contributed by atoms with Crippen LogP contribution >= 0.6 is 0 Å². The van der Waals surface area contributed by atoms with Gasteiger partial charge in [0.25, 0.3) is 0 Å². The molecule has 62 valence electrons. The first-order chi connectivity index (χ1) is 5.24. The van der Waals surface area contributed by atoms with Crippen molar-refractivity contribution in [2.45, 2.75) is 32.7 Å². The summed E-state index contributed by atoms with van der Waals surface area (Å²) in [7, 11) is 0. The van der Waals surface area contributed by atoms with Crippen LogP contribution in [0.4, 0.5) is 0 Å². The van der Waals surface area contributed by atoms with Gasteiger partial charge in [0.2, 0.25) is 0 Å². The Morgan fingerprint density at radius 1 is 1.18 bits per heavy atom. The quantitative estimate of drug-likeness (QED) is 0.544. The Kier molecular flexibility index (Phi) is 5.94. The molecule has 0 N–H and O–H groups in total. The zero-order valence-corrected chi connectivity index (χ0v) is 11.8. The summed E-state index contributed by atoms with van der Waals surface area (Å²) in [5.41, 5.74) is 0.